The lowest BCUT2D eigenvalue weighted by Crippen LogP contribution is -2.03. The van der Waals surface area contributed by atoms with Crippen LogP contribution >= 0.6 is 0 Å². The zero-order valence-corrected chi connectivity index (χ0v) is 12.2. The SMILES string of the molecule is CC1(C)[C@H](C(=O)O)[C@H]1c1nc(-c2cccc3[nH]ccc23)no1. The fourth-order valence-corrected chi connectivity index (χ4v) is 3.31. The summed E-state index contributed by atoms with van der Waals surface area (Å²) >= 11 is 0. The highest BCUT2D eigenvalue weighted by Crippen LogP contribution is 2.64. The average Bonchev–Trinajstić information content (AvgIpc) is 2.93. The summed E-state index contributed by atoms with van der Waals surface area (Å²) in [6, 6.07) is 7.79. The molecule has 6 heteroatoms. The largest absolute Gasteiger partial charge is 0.481 e. The number of aliphatic carboxylic acids is 1. The maximum Gasteiger partial charge on any atom is 0.307 e. The lowest BCUT2D eigenvalue weighted by molar-refractivity contribution is -0.139. The molecule has 0 spiro atoms. The van der Waals surface area contributed by atoms with Gasteiger partial charge < -0.3 is 14.6 Å². The molecular weight excluding hydrogens is 282 g/mol. The van der Waals surface area contributed by atoms with Crippen LogP contribution in [0.2, 0.25) is 0 Å². The second-order valence-corrected chi connectivity index (χ2v) is 6.32. The molecule has 6 nitrogen and oxygen atoms in total. The van der Waals surface area contributed by atoms with Crippen LogP contribution in [0.25, 0.3) is 22.3 Å². The van der Waals surface area contributed by atoms with Crippen LogP contribution in [0.3, 0.4) is 0 Å². The monoisotopic (exact) mass is 297 g/mol. The van der Waals surface area contributed by atoms with E-state index < -0.39 is 11.9 Å². The predicted molar refractivity (Wildman–Crippen MR) is 79.2 cm³/mol. The Morgan fingerprint density at radius 2 is 2.18 bits per heavy atom. The summed E-state index contributed by atoms with van der Waals surface area (Å²) in [5, 5.41) is 14.3. The number of rotatable bonds is 3. The molecule has 0 aliphatic heterocycles. The fraction of sp³-hybridized carbons (Fsp3) is 0.312. The molecule has 1 saturated carbocycles. The Balaban J connectivity index is 1.74. The Hall–Kier alpha value is -2.63. The van der Waals surface area contributed by atoms with E-state index in [4.69, 9.17) is 4.52 Å². The van der Waals surface area contributed by atoms with Crippen LogP contribution in [0.5, 0.6) is 0 Å². The van der Waals surface area contributed by atoms with E-state index in [9.17, 15) is 9.90 Å². The van der Waals surface area contributed by atoms with Crippen molar-refractivity contribution < 1.29 is 14.4 Å². The van der Waals surface area contributed by atoms with Gasteiger partial charge in [-0.15, -0.1) is 0 Å². The second kappa shape index (κ2) is 4.19. The molecule has 1 fully saturated rings. The number of hydrogen-bond acceptors (Lipinski definition) is 4. The van der Waals surface area contributed by atoms with Crippen molar-refractivity contribution >= 4 is 16.9 Å². The van der Waals surface area contributed by atoms with Gasteiger partial charge in [0.05, 0.1) is 11.8 Å². The lowest BCUT2D eigenvalue weighted by atomic mass is 10.1. The minimum Gasteiger partial charge on any atom is -0.481 e. The Bertz CT molecular complexity index is 878. The third kappa shape index (κ3) is 1.70. The molecule has 2 aromatic heterocycles. The Kier molecular flexibility index (Phi) is 2.49. The smallest absolute Gasteiger partial charge is 0.307 e. The van der Waals surface area contributed by atoms with Crippen molar-refractivity contribution in [1.82, 2.24) is 15.1 Å². The number of H-pyrrole nitrogens is 1. The number of carboxylic acid groups (broad SMARTS) is 1. The highest BCUT2D eigenvalue weighted by molar-refractivity contribution is 5.93. The molecule has 0 saturated heterocycles. The summed E-state index contributed by atoms with van der Waals surface area (Å²) in [5.41, 5.74) is 1.52. The van der Waals surface area contributed by atoms with Crippen molar-refractivity contribution in [2.75, 3.05) is 0 Å². The van der Waals surface area contributed by atoms with Crippen LogP contribution in [-0.4, -0.2) is 26.2 Å². The molecule has 2 atom stereocenters. The van der Waals surface area contributed by atoms with E-state index in [0.29, 0.717) is 11.7 Å². The van der Waals surface area contributed by atoms with Crippen LogP contribution in [0.15, 0.2) is 35.0 Å². The van der Waals surface area contributed by atoms with Crippen molar-refractivity contribution in [3.8, 4) is 11.4 Å². The number of nitrogens with one attached hydrogen (secondary N) is 1. The summed E-state index contributed by atoms with van der Waals surface area (Å²) in [7, 11) is 0. The summed E-state index contributed by atoms with van der Waals surface area (Å²) in [4.78, 5) is 18.9. The van der Waals surface area contributed by atoms with Crippen LogP contribution in [-0.2, 0) is 4.79 Å². The maximum absolute atomic E-state index is 11.3. The molecule has 1 aromatic carbocycles. The molecule has 22 heavy (non-hydrogen) atoms. The van der Waals surface area contributed by atoms with Crippen LogP contribution in [0, 0.1) is 11.3 Å². The normalized spacial score (nSPS) is 22.8. The van der Waals surface area contributed by atoms with Gasteiger partial charge in [0.1, 0.15) is 0 Å². The summed E-state index contributed by atoms with van der Waals surface area (Å²) in [6.07, 6.45) is 1.86. The van der Waals surface area contributed by atoms with Gasteiger partial charge in [0.15, 0.2) is 0 Å². The summed E-state index contributed by atoms with van der Waals surface area (Å²) in [6.45, 7) is 3.82. The molecular formula is C16H15N3O3. The van der Waals surface area contributed by atoms with E-state index in [0.717, 1.165) is 16.5 Å². The molecule has 0 unspecified atom stereocenters. The highest BCUT2D eigenvalue weighted by atomic mass is 16.5. The molecule has 4 rings (SSSR count). The first kappa shape index (κ1) is 13.1. The minimum absolute atomic E-state index is 0.225. The number of aromatic nitrogens is 3. The molecule has 0 bridgehead atoms. The molecule has 2 heterocycles. The molecule has 0 radical (unpaired) electrons. The van der Waals surface area contributed by atoms with Gasteiger partial charge in [-0.1, -0.05) is 31.1 Å². The van der Waals surface area contributed by atoms with Crippen LogP contribution in [0.4, 0.5) is 0 Å². The zero-order valence-electron chi connectivity index (χ0n) is 12.2. The minimum atomic E-state index is -0.817. The van der Waals surface area contributed by atoms with Gasteiger partial charge in [-0.3, -0.25) is 4.79 Å². The fourth-order valence-electron chi connectivity index (χ4n) is 3.31. The average molecular weight is 297 g/mol. The van der Waals surface area contributed by atoms with Gasteiger partial charge in [0, 0.05) is 22.7 Å². The molecule has 2 N–H and O–H groups in total. The summed E-state index contributed by atoms with van der Waals surface area (Å²) in [5.74, 6) is -0.616. The Morgan fingerprint density at radius 3 is 2.91 bits per heavy atom. The van der Waals surface area contributed by atoms with Gasteiger partial charge in [0.25, 0.3) is 0 Å². The summed E-state index contributed by atoms with van der Waals surface area (Å²) < 4.78 is 5.35. The molecule has 0 amide bonds. The Morgan fingerprint density at radius 1 is 1.36 bits per heavy atom. The maximum atomic E-state index is 11.3. The quantitative estimate of drug-likeness (QED) is 0.775. The number of carbonyl (C=O) groups is 1. The lowest BCUT2D eigenvalue weighted by Gasteiger charge is -1.97. The Labute approximate surface area is 126 Å². The van der Waals surface area contributed by atoms with Crippen molar-refractivity contribution in [3.63, 3.8) is 0 Å². The van der Waals surface area contributed by atoms with E-state index in [1.165, 1.54) is 0 Å². The zero-order chi connectivity index (χ0) is 15.5. The standard InChI is InChI=1S/C16H15N3O3/c1-16(2)11(12(16)15(20)21)14-18-13(19-22-14)9-4-3-5-10-8(9)6-7-17-10/h3-7,11-12,17H,1-2H3,(H,20,21)/t11-,12-/m0/s1. The number of fused-ring (bicyclic) bond motifs is 1. The van der Waals surface area contributed by atoms with Gasteiger partial charge in [0.2, 0.25) is 11.7 Å². The van der Waals surface area contributed by atoms with E-state index in [2.05, 4.69) is 15.1 Å². The first-order chi connectivity index (χ1) is 10.5. The third-order valence-corrected chi connectivity index (χ3v) is 4.64. The van der Waals surface area contributed by atoms with E-state index in [1.54, 1.807) is 0 Å². The predicted octanol–water partition coefficient (Wildman–Crippen LogP) is 3.04. The van der Waals surface area contributed by atoms with Gasteiger partial charge in [-0.25, -0.2) is 0 Å². The molecule has 3 aromatic rings. The third-order valence-electron chi connectivity index (χ3n) is 4.64. The van der Waals surface area contributed by atoms with Crippen LogP contribution in [0.1, 0.15) is 25.7 Å². The van der Waals surface area contributed by atoms with Crippen molar-refractivity contribution in [2.24, 2.45) is 11.3 Å². The van der Waals surface area contributed by atoms with Crippen molar-refractivity contribution in [3.05, 3.63) is 36.4 Å². The number of aromatic amines is 1. The first-order valence-electron chi connectivity index (χ1n) is 7.13. The van der Waals surface area contributed by atoms with E-state index in [-0.39, 0.29) is 11.3 Å². The molecule has 112 valence electrons. The number of carboxylic acids is 1. The van der Waals surface area contributed by atoms with E-state index >= 15 is 0 Å². The first-order valence-corrected chi connectivity index (χ1v) is 7.13. The number of nitrogens with zero attached hydrogens (tertiary/aromatic N) is 2. The second-order valence-electron chi connectivity index (χ2n) is 6.32. The van der Waals surface area contributed by atoms with Crippen molar-refractivity contribution in [1.29, 1.82) is 0 Å². The topological polar surface area (TPSA) is 92.0 Å². The molecule has 1 aliphatic rings. The number of hydrogen-bond donors (Lipinski definition) is 2. The van der Waals surface area contributed by atoms with Crippen molar-refractivity contribution in [2.45, 2.75) is 19.8 Å². The van der Waals surface area contributed by atoms with Crippen LogP contribution < -0.4 is 0 Å². The van der Waals surface area contributed by atoms with Gasteiger partial charge >= 0.3 is 5.97 Å². The number of benzene rings is 1. The van der Waals surface area contributed by atoms with Gasteiger partial charge in [-0.05, 0) is 17.5 Å². The highest BCUT2D eigenvalue weighted by Gasteiger charge is 2.65. The van der Waals surface area contributed by atoms with E-state index in [1.807, 2.05) is 44.3 Å². The van der Waals surface area contributed by atoms with Gasteiger partial charge in [-0.2, -0.15) is 4.98 Å². The molecule has 1 aliphatic carbocycles.